The Morgan fingerprint density at radius 3 is 3.18 bits per heavy atom. The fraction of sp³-hybridized carbons (Fsp3) is 0.778. The van der Waals surface area contributed by atoms with Gasteiger partial charge in [0, 0.05) is 6.54 Å². The minimum absolute atomic E-state index is 0.657. The van der Waals surface area contributed by atoms with Crippen molar-refractivity contribution in [3.8, 4) is 0 Å². The molecule has 2 aliphatic rings. The topological polar surface area (TPSA) is 15.3 Å². The third-order valence-corrected chi connectivity index (χ3v) is 2.54. The van der Waals surface area contributed by atoms with Gasteiger partial charge >= 0.3 is 0 Å². The Hall–Kier alpha value is -0.500. The fourth-order valence-corrected chi connectivity index (χ4v) is 1.67. The van der Waals surface area contributed by atoms with Crippen LogP contribution in [0.3, 0.4) is 0 Å². The van der Waals surface area contributed by atoms with E-state index in [4.69, 9.17) is 0 Å². The normalized spacial score (nSPS) is 34.2. The highest BCUT2D eigenvalue weighted by Crippen LogP contribution is 2.16. The Labute approximate surface area is 68.3 Å². The molecule has 0 aliphatic carbocycles. The van der Waals surface area contributed by atoms with Crippen LogP contribution < -0.4 is 5.32 Å². The molecule has 2 heterocycles. The number of nitrogens with zero attached hydrogens (tertiary/aromatic N) is 1. The maximum atomic E-state index is 3.54. The van der Waals surface area contributed by atoms with E-state index >= 15 is 0 Å². The van der Waals surface area contributed by atoms with Crippen LogP contribution in [-0.4, -0.2) is 24.2 Å². The molecule has 2 rings (SSSR count). The molecule has 1 N–H and O–H groups in total. The molecule has 1 saturated heterocycles. The van der Waals surface area contributed by atoms with Crippen LogP contribution in [0.5, 0.6) is 0 Å². The molecule has 2 aliphatic heterocycles. The quantitative estimate of drug-likeness (QED) is 0.563. The van der Waals surface area contributed by atoms with E-state index in [2.05, 4.69) is 22.5 Å². The largest absolute Gasteiger partial charge is 0.362 e. The smallest absolute Gasteiger partial charge is 0.0807 e. The summed E-state index contributed by atoms with van der Waals surface area (Å²) < 4.78 is 0. The molecule has 2 nitrogen and oxygen atoms in total. The molecule has 0 saturated carbocycles. The molecule has 0 aromatic rings. The summed E-state index contributed by atoms with van der Waals surface area (Å²) >= 11 is 0. The fourth-order valence-electron chi connectivity index (χ4n) is 1.67. The van der Waals surface area contributed by atoms with E-state index in [-0.39, 0.29) is 0 Å². The zero-order valence-electron chi connectivity index (χ0n) is 6.92. The van der Waals surface area contributed by atoms with E-state index in [0.717, 1.165) is 0 Å². The Balaban J connectivity index is 1.91. The minimum atomic E-state index is 0.657. The summed E-state index contributed by atoms with van der Waals surface area (Å²) in [6.45, 7) is 2.44. The summed E-state index contributed by atoms with van der Waals surface area (Å²) in [5.41, 5.74) is 0. The van der Waals surface area contributed by atoms with Gasteiger partial charge in [-0.1, -0.05) is 6.08 Å². The van der Waals surface area contributed by atoms with Crippen molar-refractivity contribution in [2.45, 2.75) is 31.8 Å². The highest BCUT2D eigenvalue weighted by Gasteiger charge is 2.23. The van der Waals surface area contributed by atoms with Crippen LogP contribution in [0.1, 0.15) is 25.7 Å². The lowest BCUT2D eigenvalue weighted by Crippen LogP contribution is -2.53. The number of rotatable bonds is 0. The lowest BCUT2D eigenvalue weighted by Gasteiger charge is -2.40. The Bertz CT molecular complexity index is 154. The Kier molecular flexibility index (Phi) is 2.13. The van der Waals surface area contributed by atoms with E-state index in [9.17, 15) is 0 Å². The van der Waals surface area contributed by atoms with Crippen molar-refractivity contribution < 1.29 is 0 Å². The average molecular weight is 152 g/mol. The first-order valence-electron chi connectivity index (χ1n) is 4.62. The third kappa shape index (κ3) is 1.56. The molecule has 2 heteroatoms. The molecule has 0 aromatic carbocycles. The second kappa shape index (κ2) is 3.26. The molecule has 0 radical (unpaired) electrons. The lowest BCUT2D eigenvalue weighted by atomic mass is 10.1. The first kappa shape index (κ1) is 7.17. The van der Waals surface area contributed by atoms with Gasteiger partial charge in [-0.3, -0.25) is 5.32 Å². The maximum Gasteiger partial charge on any atom is 0.0807 e. The van der Waals surface area contributed by atoms with Crippen LogP contribution in [0.4, 0.5) is 0 Å². The van der Waals surface area contributed by atoms with Gasteiger partial charge in [0.1, 0.15) is 0 Å². The monoisotopic (exact) mass is 152 g/mol. The van der Waals surface area contributed by atoms with Crippen LogP contribution in [0.25, 0.3) is 0 Å². The van der Waals surface area contributed by atoms with Crippen molar-refractivity contribution in [2.24, 2.45) is 0 Å². The predicted molar refractivity (Wildman–Crippen MR) is 46.1 cm³/mol. The van der Waals surface area contributed by atoms with Gasteiger partial charge in [-0.05, 0) is 38.4 Å². The van der Waals surface area contributed by atoms with Gasteiger partial charge in [0.25, 0.3) is 0 Å². The molecule has 1 atom stereocenters. The van der Waals surface area contributed by atoms with Crippen LogP contribution in [0.2, 0.25) is 0 Å². The predicted octanol–water partition coefficient (Wildman–Crippen LogP) is 1.31. The highest BCUT2D eigenvalue weighted by molar-refractivity contribution is 4.93. The van der Waals surface area contributed by atoms with Crippen molar-refractivity contribution in [3.63, 3.8) is 0 Å². The summed E-state index contributed by atoms with van der Waals surface area (Å²) in [5, 5.41) is 3.54. The lowest BCUT2D eigenvalue weighted by molar-refractivity contribution is 0.122. The standard InChI is InChI=1S/C9H16N2/c1-2-4-7-11-8-5-9(11)10-6-3-1/h4,7,9-10H,1-3,5-6,8H2/b7-4-. The molecular weight excluding hydrogens is 136 g/mol. The second-order valence-electron chi connectivity index (χ2n) is 3.38. The van der Waals surface area contributed by atoms with Gasteiger partial charge in [-0.15, -0.1) is 0 Å². The second-order valence-corrected chi connectivity index (χ2v) is 3.38. The van der Waals surface area contributed by atoms with E-state index in [1.54, 1.807) is 0 Å². The molecule has 0 aromatic heterocycles. The summed E-state index contributed by atoms with van der Waals surface area (Å²) in [6.07, 6.45) is 10.5. The van der Waals surface area contributed by atoms with Crippen LogP contribution in [0, 0.1) is 0 Å². The van der Waals surface area contributed by atoms with Gasteiger partial charge in [0.15, 0.2) is 0 Å². The van der Waals surface area contributed by atoms with Crippen molar-refractivity contribution in [2.75, 3.05) is 13.1 Å². The molecule has 0 bridgehead atoms. The van der Waals surface area contributed by atoms with Gasteiger partial charge in [-0.25, -0.2) is 0 Å². The van der Waals surface area contributed by atoms with Crippen molar-refractivity contribution in [1.82, 2.24) is 10.2 Å². The zero-order chi connectivity index (χ0) is 7.52. The molecule has 1 fully saturated rings. The first-order valence-corrected chi connectivity index (χ1v) is 4.62. The van der Waals surface area contributed by atoms with E-state index in [1.165, 1.54) is 38.8 Å². The Morgan fingerprint density at radius 1 is 1.36 bits per heavy atom. The summed E-state index contributed by atoms with van der Waals surface area (Å²) in [5.74, 6) is 0. The van der Waals surface area contributed by atoms with E-state index < -0.39 is 0 Å². The van der Waals surface area contributed by atoms with Crippen molar-refractivity contribution >= 4 is 0 Å². The minimum Gasteiger partial charge on any atom is -0.362 e. The molecule has 0 spiro atoms. The molecule has 0 amide bonds. The number of hydrogen-bond acceptors (Lipinski definition) is 2. The SMILES string of the molecule is C1=C\N2CCC2NCCCC/1. The van der Waals surface area contributed by atoms with Gasteiger partial charge in [0.05, 0.1) is 6.17 Å². The molecular formula is C9H16N2. The molecule has 11 heavy (non-hydrogen) atoms. The Morgan fingerprint density at radius 2 is 2.36 bits per heavy atom. The summed E-state index contributed by atoms with van der Waals surface area (Å²) in [4.78, 5) is 2.39. The third-order valence-electron chi connectivity index (χ3n) is 2.54. The van der Waals surface area contributed by atoms with E-state index in [1.807, 2.05) is 0 Å². The van der Waals surface area contributed by atoms with Crippen LogP contribution >= 0.6 is 0 Å². The first-order chi connectivity index (χ1) is 5.47. The number of fused-ring (bicyclic) bond motifs is 1. The van der Waals surface area contributed by atoms with Gasteiger partial charge < -0.3 is 4.90 Å². The molecule has 1 unspecified atom stereocenters. The average Bonchev–Trinajstić information content (AvgIpc) is 2.04. The van der Waals surface area contributed by atoms with Crippen molar-refractivity contribution in [1.29, 1.82) is 0 Å². The zero-order valence-corrected chi connectivity index (χ0v) is 6.92. The van der Waals surface area contributed by atoms with Gasteiger partial charge in [0.2, 0.25) is 0 Å². The van der Waals surface area contributed by atoms with Gasteiger partial charge in [-0.2, -0.15) is 0 Å². The molecule has 62 valence electrons. The van der Waals surface area contributed by atoms with E-state index in [0.29, 0.717) is 6.17 Å². The number of nitrogens with one attached hydrogen (secondary N) is 1. The highest BCUT2D eigenvalue weighted by atomic mass is 15.3. The number of allylic oxidation sites excluding steroid dienone is 1. The maximum absolute atomic E-state index is 3.54. The number of hydrogen-bond donors (Lipinski definition) is 1. The van der Waals surface area contributed by atoms with Crippen LogP contribution in [-0.2, 0) is 0 Å². The summed E-state index contributed by atoms with van der Waals surface area (Å²) in [6, 6.07) is 0. The van der Waals surface area contributed by atoms with Crippen molar-refractivity contribution in [3.05, 3.63) is 12.3 Å². The summed E-state index contributed by atoms with van der Waals surface area (Å²) in [7, 11) is 0. The van der Waals surface area contributed by atoms with Crippen LogP contribution in [0.15, 0.2) is 12.3 Å².